The van der Waals surface area contributed by atoms with Crippen molar-refractivity contribution in [3.8, 4) is 0 Å². The summed E-state index contributed by atoms with van der Waals surface area (Å²) in [6.07, 6.45) is 13.0. The number of pyridine rings is 1. The molecule has 1 heterocycles. The molecule has 0 aliphatic rings. The highest BCUT2D eigenvalue weighted by atomic mass is 16.6. The summed E-state index contributed by atoms with van der Waals surface area (Å²) in [7, 11) is 0. The van der Waals surface area contributed by atoms with E-state index in [4.69, 9.17) is 0 Å². The van der Waals surface area contributed by atoms with Crippen molar-refractivity contribution in [2.75, 3.05) is 5.43 Å². The fourth-order valence-corrected chi connectivity index (χ4v) is 1.93. The lowest BCUT2D eigenvalue weighted by atomic mass is 10.1. The van der Waals surface area contributed by atoms with Gasteiger partial charge in [0.2, 0.25) is 0 Å². The number of hydrogen-bond acceptors (Lipinski definition) is 5. The summed E-state index contributed by atoms with van der Waals surface area (Å²) < 4.78 is 0. The van der Waals surface area contributed by atoms with Gasteiger partial charge in [-0.05, 0) is 18.9 Å². The van der Waals surface area contributed by atoms with E-state index in [1.54, 1.807) is 6.07 Å². The molecular formula is C15H24N4O2. The molecule has 0 fully saturated rings. The van der Waals surface area contributed by atoms with Gasteiger partial charge in [-0.3, -0.25) is 15.5 Å². The lowest BCUT2D eigenvalue weighted by Gasteiger charge is -1.99. The Morgan fingerprint density at radius 3 is 2.57 bits per heavy atom. The molecule has 0 amide bonds. The number of nitrogens with one attached hydrogen (secondary N) is 1. The van der Waals surface area contributed by atoms with Crippen molar-refractivity contribution in [2.24, 2.45) is 5.10 Å². The highest BCUT2D eigenvalue weighted by Crippen LogP contribution is 2.11. The predicted octanol–water partition coefficient (Wildman–Crippen LogP) is 4.53. The van der Waals surface area contributed by atoms with Crippen LogP contribution in [0.5, 0.6) is 0 Å². The van der Waals surface area contributed by atoms with E-state index in [0.29, 0.717) is 5.82 Å². The molecule has 1 aromatic rings. The average Bonchev–Trinajstić information content (AvgIpc) is 2.49. The van der Waals surface area contributed by atoms with Crippen LogP contribution in [-0.4, -0.2) is 16.1 Å². The molecule has 0 aliphatic carbocycles. The van der Waals surface area contributed by atoms with Crippen LogP contribution >= 0.6 is 0 Å². The number of nitro groups is 1. The topological polar surface area (TPSA) is 80.4 Å². The first-order chi connectivity index (χ1) is 10.2. The van der Waals surface area contributed by atoms with Gasteiger partial charge < -0.3 is 0 Å². The van der Waals surface area contributed by atoms with Crippen molar-refractivity contribution in [1.82, 2.24) is 4.98 Å². The van der Waals surface area contributed by atoms with Gasteiger partial charge in [-0.2, -0.15) is 5.10 Å². The predicted molar refractivity (Wildman–Crippen MR) is 85.6 cm³/mol. The van der Waals surface area contributed by atoms with Crippen LogP contribution in [-0.2, 0) is 0 Å². The maximum absolute atomic E-state index is 10.5. The molecule has 0 bridgehead atoms. The van der Waals surface area contributed by atoms with Gasteiger partial charge in [-0.15, -0.1) is 0 Å². The fraction of sp³-hybridized carbons (Fsp3) is 0.600. The lowest BCUT2D eigenvalue weighted by molar-refractivity contribution is -0.385. The van der Waals surface area contributed by atoms with Crippen molar-refractivity contribution in [2.45, 2.75) is 58.3 Å². The minimum atomic E-state index is -0.472. The third-order valence-corrected chi connectivity index (χ3v) is 3.17. The molecule has 1 rings (SSSR count). The zero-order chi connectivity index (χ0) is 15.3. The number of unbranched alkanes of at least 4 members (excludes halogenated alkanes) is 7. The highest BCUT2D eigenvalue weighted by molar-refractivity contribution is 5.58. The van der Waals surface area contributed by atoms with Crippen molar-refractivity contribution in [1.29, 1.82) is 0 Å². The molecule has 1 aromatic heterocycles. The minimum absolute atomic E-state index is 0.0207. The molecule has 0 unspecified atom stereocenters. The minimum Gasteiger partial charge on any atom is -0.262 e. The van der Waals surface area contributed by atoms with Gasteiger partial charge in [0, 0.05) is 12.3 Å². The van der Waals surface area contributed by atoms with Gasteiger partial charge in [0.1, 0.15) is 12.0 Å². The van der Waals surface area contributed by atoms with E-state index in [0.717, 1.165) is 12.8 Å². The molecule has 6 heteroatoms. The van der Waals surface area contributed by atoms with Crippen LogP contribution in [0.3, 0.4) is 0 Å². The van der Waals surface area contributed by atoms with E-state index in [1.807, 2.05) is 6.21 Å². The van der Waals surface area contributed by atoms with Crippen LogP contribution in [0, 0.1) is 10.1 Å². The second-order valence-electron chi connectivity index (χ2n) is 4.99. The molecule has 0 radical (unpaired) electrons. The Balaban J connectivity index is 2.08. The summed E-state index contributed by atoms with van der Waals surface area (Å²) in [6, 6.07) is 2.95. The van der Waals surface area contributed by atoms with Crippen molar-refractivity contribution in [3.05, 3.63) is 28.4 Å². The van der Waals surface area contributed by atoms with Gasteiger partial charge in [-0.25, -0.2) is 4.98 Å². The van der Waals surface area contributed by atoms with E-state index in [1.165, 1.54) is 50.8 Å². The summed E-state index contributed by atoms with van der Waals surface area (Å²) in [6.45, 7) is 2.23. The third kappa shape index (κ3) is 8.02. The maximum Gasteiger partial charge on any atom is 0.287 e. The SMILES string of the molecule is CCCCCCCCCC=NNc1ccc([N+](=O)[O-])cn1. The molecule has 21 heavy (non-hydrogen) atoms. The number of hydrazone groups is 1. The Kier molecular flexibility index (Phi) is 8.75. The van der Waals surface area contributed by atoms with Gasteiger partial charge >= 0.3 is 0 Å². The molecule has 6 nitrogen and oxygen atoms in total. The Hall–Kier alpha value is -1.98. The average molecular weight is 292 g/mol. The van der Waals surface area contributed by atoms with E-state index in [9.17, 15) is 10.1 Å². The van der Waals surface area contributed by atoms with Crippen molar-refractivity contribution in [3.63, 3.8) is 0 Å². The van der Waals surface area contributed by atoms with Crippen LogP contribution in [0.4, 0.5) is 11.5 Å². The quantitative estimate of drug-likeness (QED) is 0.281. The smallest absolute Gasteiger partial charge is 0.262 e. The van der Waals surface area contributed by atoms with E-state index >= 15 is 0 Å². The molecule has 0 aromatic carbocycles. The first kappa shape index (κ1) is 17.1. The molecule has 0 spiro atoms. The molecule has 0 aliphatic heterocycles. The van der Waals surface area contributed by atoms with Crippen molar-refractivity contribution >= 4 is 17.7 Å². The second kappa shape index (κ2) is 10.8. The normalized spacial score (nSPS) is 10.9. The van der Waals surface area contributed by atoms with Crippen LogP contribution in [0.1, 0.15) is 58.3 Å². The Morgan fingerprint density at radius 2 is 1.95 bits per heavy atom. The monoisotopic (exact) mass is 292 g/mol. The molecule has 116 valence electrons. The molecule has 0 atom stereocenters. The van der Waals surface area contributed by atoms with Crippen LogP contribution in [0.2, 0.25) is 0 Å². The molecule has 0 saturated carbocycles. The summed E-state index contributed by atoms with van der Waals surface area (Å²) in [5.41, 5.74) is 2.74. The van der Waals surface area contributed by atoms with E-state index in [-0.39, 0.29) is 5.69 Å². The Labute approximate surface area is 125 Å². The zero-order valence-electron chi connectivity index (χ0n) is 12.6. The maximum atomic E-state index is 10.5. The largest absolute Gasteiger partial charge is 0.287 e. The fourth-order valence-electron chi connectivity index (χ4n) is 1.93. The standard InChI is InChI=1S/C15H24N4O2/c1-2-3-4-5-6-7-8-9-12-17-18-15-11-10-14(13-16-15)19(20)21/h10-13H,2-9H2,1H3,(H,16,18). The second-order valence-corrected chi connectivity index (χ2v) is 4.99. The number of hydrogen-bond donors (Lipinski definition) is 1. The van der Waals surface area contributed by atoms with E-state index < -0.39 is 4.92 Å². The summed E-state index contributed by atoms with van der Waals surface area (Å²) in [4.78, 5) is 13.9. The van der Waals surface area contributed by atoms with Gasteiger partial charge in [0.15, 0.2) is 0 Å². The van der Waals surface area contributed by atoms with Crippen LogP contribution in [0.15, 0.2) is 23.4 Å². The summed E-state index contributed by atoms with van der Waals surface area (Å²) in [5, 5.41) is 14.5. The molecular weight excluding hydrogens is 268 g/mol. The lowest BCUT2D eigenvalue weighted by Crippen LogP contribution is -1.94. The zero-order valence-corrected chi connectivity index (χ0v) is 12.6. The van der Waals surface area contributed by atoms with E-state index in [2.05, 4.69) is 22.4 Å². The van der Waals surface area contributed by atoms with Crippen LogP contribution in [0.25, 0.3) is 0 Å². The first-order valence-electron chi connectivity index (χ1n) is 7.62. The Morgan fingerprint density at radius 1 is 1.24 bits per heavy atom. The molecule has 1 N–H and O–H groups in total. The van der Waals surface area contributed by atoms with Gasteiger partial charge in [0.25, 0.3) is 5.69 Å². The number of aromatic nitrogens is 1. The van der Waals surface area contributed by atoms with Gasteiger partial charge in [-0.1, -0.05) is 45.4 Å². The highest BCUT2D eigenvalue weighted by Gasteiger charge is 2.03. The Bertz CT molecular complexity index is 432. The number of nitrogens with zero attached hydrogens (tertiary/aromatic N) is 3. The van der Waals surface area contributed by atoms with Crippen LogP contribution < -0.4 is 5.43 Å². The molecule has 0 saturated heterocycles. The summed E-state index contributed by atoms with van der Waals surface area (Å²) >= 11 is 0. The third-order valence-electron chi connectivity index (χ3n) is 3.17. The summed E-state index contributed by atoms with van der Waals surface area (Å²) in [5.74, 6) is 0.511. The number of anilines is 1. The van der Waals surface area contributed by atoms with Crippen molar-refractivity contribution < 1.29 is 4.92 Å². The number of rotatable bonds is 11. The first-order valence-corrected chi connectivity index (χ1v) is 7.62. The van der Waals surface area contributed by atoms with Gasteiger partial charge in [0.05, 0.1) is 4.92 Å².